The number of carbonyl (C=O) groups excluding carboxylic acids is 1. The molecular weight excluding hydrogens is 362 g/mol. The smallest absolute Gasteiger partial charge is 0.274 e. The maximum atomic E-state index is 12.7. The Labute approximate surface area is 171 Å². The number of pyridine rings is 1. The van der Waals surface area contributed by atoms with Crippen LogP contribution in [0.15, 0.2) is 66.9 Å². The van der Waals surface area contributed by atoms with E-state index in [0.717, 1.165) is 38.0 Å². The number of anilines is 1. The molecule has 0 atom stereocenters. The van der Waals surface area contributed by atoms with Crippen LogP contribution in [0.5, 0.6) is 0 Å². The fraction of sp³-hybridized carbons (Fsp3) is 0.304. The Morgan fingerprint density at radius 3 is 2.45 bits per heavy atom. The van der Waals surface area contributed by atoms with Gasteiger partial charge in [-0.3, -0.25) is 9.78 Å². The minimum atomic E-state index is -0.0352. The molecule has 1 N–H and O–H groups in total. The molecule has 1 amide bonds. The van der Waals surface area contributed by atoms with Gasteiger partial charge in [0.15, 0.2) is 5.69 Å². The summed E-state index contributed by atoms with van der Waals surface area (Å²) in [4.78, 5) is 18.9. The molecule has 29 heavy (non-hydrogen) atoms. The summed E-state index contributed by atoms with van der Waals surface area (Å²) in [5.41, 5.74) is 2.69. The van der Waals surface area contributed by atoms with Crippen molar-refractivity contribution in [1.29, 1.82) is 0 Å². The van der Waals surface area contributed by atoms with E-state index in [1.165, 1.54) is 5.56 Å². The molecule has 0 bridgehead atoms. The van der Waals surface area contributed by atoms with E-state index < -0.39 is 0 Å². The van der Waals surface area contributed by atoms with Crippen LogP contribution in [0.3, 0.4) is 0 Å². The zero-order valence-corrected chi connectivity index (χ0v) is 16.4. The Morgan fingerprint density at radius 2 is 1.76 bits per heavy atom. The van der Waals surface area contributed by atoms with Gasteiger partial charge in [0.2, 0.25) is 0 Å². The Kier molecular flexibility index (Phi) is 6.10. The SMILES string of the molecule is O=C(c1ccc(NCc2ccccn2)nn1)N1CCC(Cc2ccccc2)CC1. The van der Waals surface area contributed by atoms with Crippen molar-refractivity contribution in [2.75, 3.05) is 18.4 Å². The summed E-state index contributed by atoms with van der Waals surface area (Å²) in [6.45, 7) is 2.12. The Hall–Kier alpha value is -3.28. The average Bonchev–Trinajstić information content (AvgIpc) is 2.79. The third-order valence-electron chi connectivity index (χ3n) is 5.33. The van der Waals surface area contributed by atoms with Crippen LogP contribution in [0.4, 0.5) is 5.82 Å². The quantitative estimate of drug-likeness (QED) is 0.700. The summed E-state index contributed by atoms with van der Waals surface area (Å²) in [5, 5.41) is 11.4. The minimum Gasteiger partial charge on any atom is -0.363 e. The first kappa shape index (κ1) is 19.1. The fourth-order valence-electron chi connectivity index (χ4n) is 3.67. The molecule has 1 aliphatic rings. The highest BCUT2D eigenvalue weighted by Gasteiger charge is 2.24. The molecule has 0 unspecified atom stereocenters. The van der Waals surface area contributed by atoms with Gasteiger partial charge in [-0.15, -0.1) is 10.2 Å². The molecule has 1 aliphatic heterocycles. The van der Waals surface area contributed by atoms with Crippen LogP contribution in [-0.2, 0) is 13.0 Å². The van der Waals surface area contributed by atoms with E-state index >= 15 is 0 Å². The molecule has 0 saturated carbocycles. The lowest BCUT2D eigenvalue weighted by Gasteiger charge is -2.31. The summed E-state index contributed by atoms with van der Waals surface area (Å²) in [5.74, 6) is 1.23. The van der Waals surface area contributed by atoms with E-state index in [4.69, 9.17) is 0 Å². The molecular formula is C23H25N5O. The number of rotatable bonds is 6. The number of likely N-dealkylation sites (tertiary alicyclic amines) is 1. The normalized spacial score (nSPS) is 14.6. The van der Waals surface area contributed by atoms with Crippen LogP contribution in [0.2, 0.25) is 0 Å². The predicted octanol–water partition coefficient (Wildman–Crippen LogP) is 3.58. The molecule has 6 heteroatoms. The van der Waals surface area contributed by atoms with Crippen molar-refractivity contribution < 1.29 is 4.79 Å². The number of aromatic nitrogens is 3. The molecule has 0 spiro atoms. The fourth-order valence-corrected chi connectivity index (χ4v) is 3.67. The van der Waals surface area contributed by atoms with Crippen molar-refractivity contribution in [2.45, 2.75) is 25.8 Å². The monoisotopic (exact) mass is 387 g/mol. The van der Waals surface area contributed by atoms with Gasteiger partial charge >= 0.3 is 0 Å². The van der Waals surface area contributed by atoms with E-state index in [1.54, 1.807) is 18.3 Å². The molecule has 1 fully saturated rings. The maximum absolute atomic E-state index is 12.7. The number of hydrogen-bond acceptors (Lipinski definition) is 5. The van der Waals surface area contributed by atoms with E-state index in [2.05, 4.69) is 44.8 Å². The number of benzene rings is 1. The predicted molar refractivity (Wildman–Crippen MR) is 112 cm³/mol. The number of amides is 1. The van der Waals surface area contributed by atoms with E-state index in [-0.39, 0.29) is 5.91 Å². The molecule has 0 aliphatic carbocycles. The van der Waals surface area contributed by atoms with E-state index in [0.29, 0.717) is 24.0 Å². The molecule has 1 saturated heterocycles. The second kappa shape index (κ2) is 9.28. The summed E-state index contributed by atoms with van der Waals surface area (Å²) in [7, 11) is 0. The van der Waals surface area contributed by atoms with E-state index in [1.807, 2.05) is 29.2 Å². The van der Waals surface area contributed by atoms with Crippen molar-refractivity contribution in [3.8, 4) is 0 Å². The summed E-state index contributed by atoms with van der Waals surface area (Å²) in [6, 6.07) is 19.9. The lowest BCUT2D eigenvalue weighted by atomic mass is 9.90. The first-order valence-corrected chi connectivity index (χ1v) is 10.1. The van der Waals surface area contributed by atoms with Gasteiger partial charge in [0.1, 0.15) is 5.82 Å². The van der Waals surface area contributed by atoms with Gasteiger partial charge in [0, 0.05) is 19.3 Å². The Morgan fingerprint density at radius 1 is 0.966 bits per heavy atom. The van der Waals surface area contributed by atoms with Crippen LogP contribution >= 0.6 is 0 Å². The zero-order valence-electron chi connectivity index (χ0n) is 16.4. The largest absolute Gasteiger partial charge is 0.363 e. The number of carbonyl (C=O) groups is 1. The zero-order chi connectivity index (χ0) is 19.9. The van der Waals surface area contributed by atoms with Crippen molar-refractivity contribution >= 4 is 11.7 Å². The molecule has 1 aromatic carbocycles. The van der Waals surface area contributed by atoms with Gasteiger partial charge in [0.05, 0.1) is 12.2 Å². The van der Waals surface area contributed by atoms with Crippen LogP contribution < -0.4 is 5.32 Å². The van der Waals surface area contributed by atoms with Gasteiger partial charge in [0.25, 0.3) is 5.91 Å². The van der Waals surface area contributed by atoms with Crippen molar-refractivity contribution in [2.24, 2.45) is 5.92 Å². The third-order valence-corrected chi connectivity index (χ3v) is 5.33. The van der Waals surface area contributed by atoms with Gasteiger partial charge in [-0.2, -0.15) is 0 Å². The first-order chi connectivity index (χ1) is 14.3. The highest BCUT2D eigenvalue weighted by Crippen LogP contribution is 2.22. The topological polar surface area (TPSA) is 71.0 Å². The highest BCUT2D eigenvalue weighted by molar-refractivity contribution is 5.92. The number of nitrogens with zero attached hydrogens (tertiary/aromatic N) is 4. The second-order valence-corrected chi connectivity index (χ2v) is 7.40. The first-order valence-electron chi connectivity index (χ1n) is 10.1. The molecule has 3 heterocycles. The van der Waals surface area contributed by atoms with Gasteiger partial charge < -0.3 is 10.2 Å². The summed E-state index contributed by atoms with van der Waals surface area (Å²) < 4.78 is 0. The molecule has 6 nitrogen and oxygen atoms in total. The number of nitrogens with one attached hydrogen (secondary N) is 1. The van der Waals surface area contributed by atoms with Gasteiger partial charge in [-0.25, -0.2) is 0 Å². The number of hydrogen-bond donors (Lipinski definition) is 1. The molecule has 2 aromatic heterocycles. The van der Waals surface area contributed by atoms with Crippen LogP contribution in [0, 0.1) is 5.92 Å². The summed E-state index contributed by atoms with van der Waals surface area (Å²) >= 11 is 0. The summed E-state index contributed by atoms with van der Waals surface area (Å²) in [6.07, 6.45) is 4.89. The lowest BCUT2D eigenvalue weighted by Crippen LogP contribution is -2.39. The molecule has 148 valence electrons. The van der Waals surface area contributed by atoms with Crippen LogP contribution in [-0.4, -0.2) is 39.1 Å². The van der Waals surface area contributed by atoms with Gasteiger partial charge in [-0.1, -0.05) is 36.4 Å². The van der Waals surface area contributed by atoms with Crippen LogP contribution in [0.25, 0.3) is 0 Å². The maximum Gasteiger partial charge on any atom is 0.274 e. The minimum absolute atomic E-state index is 0.0352. The van der Waals surface area contributed by atoms with Crippen molar-refractivity contribution in [1.82, 2.24) is 20.1 Å². The highest BCUT2D eigenvalue weighted by atomic mass is 16.2. The molecule has 4 rings (SSSR count). The van der Waals surface area contributed by atoms with Gasteiger partial charge in [-0.05, 0) is 55.0 Å². The molecule has 0 radical (unpaired) electrons. The van der Waals surface area contributed by atoms with E-state index in [9.17, 15) is 4.79 Å². The van der Waals surface area contributed by atoms with Crippen LogP contribution in [0.1, 0.15) is 34.6 Å². The van der Waals surface area contributed by atoms with Crippen molar-refractivity contribution in [3.63, 3.8) is 0 Å². The average molecular weight is 387 g/mol. The third kappa shape index (κ3) is 5.16. The Bertz CT molecular complexity index is 907. The Balaban J connectivity index is 1.27. The van der Waals surface area contributed by atoms with Crippen molar-refractivity contribution in [3.05, 3.63) is 83.8 Å². The standard InChI is InChI=1S/C23H25N5O/c29-23(28-14-11-19(12-15-28)16-18-6-2-1-3-7-18)21-9-10-22(27-26-21)25-17-20-8-4-5-13-24-20/h1-10,13,19H,11-12,14-17H2,(H,25,27). The number of piperidine rings is 1. The second-order valence-electron chi connectivity index (χ2n) is 7.40. The lowest BCUT2D eigenvalue weighted by molar-refractivity contribution is 0.0683. The molecule has 3 aromatic rings.